The van der Waals surface area contributed by atoms with E-state index < -0.39 is 82.0 Å². The maximum absolute atomic E-state index is 14.9. The third-order valence-electron chi connectivity index (χ3n) is 24.2. The van der Waals surface area contributed by atoms with Crippen LogP contribution in [0.4, 0.5) is 17.6 Å². The van der Waals surface area contributed by atoms with Gasteiger partial charge in [-0.15, -0.1) is 0 Å². The van der Waals surface area contributed by atoms with Crippen molar-refractivity contribution in [1.82, 2.24) is 84.4 Å². The van der Waals surface area contributed by atoms with Crippen molar-refractivity contribution in [3.05, 3.63) is 310 Å². The third kappa shape index (κ3) is 23.9. The van der Waals surface area contributed by atoms with Crippen molar-refractivity contribution in [2.75, 3.05) is 126 Å². The van der Waals surface area contributed by atoms with Gasteiger partial charge in [0.15, 0.2) is 11.7 Å². The summed E-state index contributed by atoms with van der Waals surface area (Å²) in [6, 6.07) is 45.4. The number of aromatic amines is 6. The molecular formula is C100H89F4I3N21O19-. The maximum Gasteiger partial charge on any atom is 0.295 e. The second-order valence-corrected chi connectivity index (χ2v) is 48.9. The number of hydrogen-bond donors (Lipinski definition) is 10. The number of nitrogens with zero attached hydrogens (tertiary/aromatic N) is 12. The van der Waals surface area contributed by atoms with Crippen LogP contribution >= 0.6 is 37.2 Å². The van der Waals surface area contributed by atoms with Crippen molar-refractivity contribution in [3.8, 4) is 22.8 Å². The summed E-state index contributed by atoms with van der Waals surface area (Å²) in [5.41, 5.74) is 15.7. The smallest absolute Gasteiger partial charge is 0.295 e. The number of halogens is 7. The number of nitrogens with one attached hydrogen (secondary N) is 7. The number of esters is 2. The Balaban J connectivity index is 0.000000154. The fourth-order valence-corrected chi connectivity index (χ4v) is 16.6. The summed E-state index contributed by atoms with van der Waals surface area (Å²) in [4.78, 5) is 231. The van der Waals surface area contributed by atoms with Gasteiger partial charge in [0, 0.05) is 203 Å². The van der Waals surface area contributed by atoms with Crippen LogP contribution < -0.4 is 30.0 Å². The van der Waals surface area contributed by atoms with Crippen LogP contribution in [0.3, 0.4) is 0 Å². The minimum atomic E-state index is -0.900. The minimum Gasteiger partial charge on any atom is -0.409 e. The molecule has 9 amide bonds. The largest absolute Gasteiger partial charge is 0.409 e. The molecule has 8 aromatic carbocycles. The van der Waals surface area contributed by atoms with Crippen LogP contribution in [0.25, 0.3) is 66.4 Å². The molecule has 0 saturated carbocycles. The van der Waals surface area contributed by atoms with Gasteiger partial charge < -0.3 is 105 Å². The Labute approximate surface area is 861 Å². The van der Waals surface area contributed by atoms with Crippen LogP contribution in [0.1, 0.15) is 115 Å². The standard InChI is InChI=1S/C26H23FN6O4.C26H24FN5O6.C26H22FN5O5.C22H20FN5O4.I3/c1-28-24(35)19-14-30-23(31-19)16-7-8-18(27)20-17(13-29-21(16)20)22(34)26(37)33-11-9-32(10-12-33)25(36)15-5-3-2-4-6-15;1-37-20(33)9-14-38-30-24(28)17-7-8-19(27)21-18(15-29-22(17)21)23(34)26(36)32-12-10-31(11-13-32)25(35)16-5-3-2-4-6-16;1-37-26(36)19-14-29-23(30-19)16-7-8-18(27)20-17(13-28-21(16)20)22(33)25(35)32-11-9-31(10-12-32)24(34)15-5-3-2-4-6-15;23-16-7-6-14(20(24)26-32)18-17(16)15(12-25-18)19(29)22(31)28-10-8-27(9-11-28)21(30)13-4-2-1-3-5-13;1-3-2/h2-8,13-14,29H,9-12H2,1H3,(H,28,35)(H,30,31);2-9,14-15,29H,10-13H2,1H3,(H2,28,30);2-8,13-14,28H,9-12H2,1H3,(H,29,30);1-7,12,25,32H,8-11H2,(H2,24,26);/q;;;;-1/b;14-9+;;;. The molecular weight excluding hydrogens is 2260 g/mol. The number of nitrogens with two attached hydrogens (primary N) is 2. The summed E-state index contributed by atoms with van der Waals surface area (Å²) < 4.78 is 68.2. The second-order valence-electron chi connectivity index (χ2n) is 32.6. The van der Waals surface area contributed by atoms with Gasteiger partial charge >= 0.3 is 62.4 Å². The van der Waals surface area contributed by atoms with Gasteiger partial charge in [0.25, 0.3) is 76.3 Å². The van der Waals surface area contributed by atoms with Gasteiger partial charge in [-0.3, -0.25) is 62.3 Å². The van der Waals surface area contributed by atoms with Crippen LogP contribution in [0.2, 0.25) is 0 Å². The van der Waals surface area contributed by atoms with E-state index in [9.17, 15) is 89.5 Å². The number of Topliss-reactive ketones (excluding diaryl/α,β-unsaturated/α-hetero) is 4. The number of benzene rings is 8. The molecule has 4 fully saturated rings. The summed E-state index contributed by atoms with van der Waals surface area (Å²) in [7, 11) is 3.92. The summed E-state index contributed by atoms with van der Waals surface area (Å²) in [6.07, 6.45) is 9.63. The zero-order valence-corrected chi connectivity index (χ0v) is 84.5. The number of carbonyl (C=O) groups is 15. The van der Waals surface area contributed by atoms with Crippen molar-refractivity contribution in [2.45, 2.75) is 0 Å². The average Bonchev–Trinajstić information content (AvgIpc) is 1.79. The number of hydrogen-bond acceptors (Lipinski definition) is 23. The number of amides is 9. The molecule has 4 aliphatic rings. The number of ketones is 4. The number of fused-ring (bicyclic) bond motifs is 4. The molecule has 0 spiro atoms. The van der Waals surface area contributed by atoms with Crippen LogP contribution in [0, 0.1) is 23.3 Å². The Morgan fingerprint density at radius 1 is 0.388 bits per heavy atom. The number of carbonyl (C=O) groups excluding carboxylic acids is 15. The number of rotatable bonds is 21. The number of imidazole rings is 2. The van der Waals surface area contributed by atoms with E-state index >= 15 is 0 Å². The Hall–Kier alpha value is -16.6. The van der Waals surface area contributed by atoms with Crippen molar-refractivity contribution in [2.24, 2.45) is 21.8 Å². The monoisotopic (exact) mass is 2340 g/mol. The molecule has 4 aliphatic heterocycles. The van der Waals surface area contributed by atoms with E-state index in [2.05, 4.69) is 102 Å². The van der Waals surface area contributed by atoms with E-state index in [1.54, 1.807) is 117 Å². The quantitative estimate of drug-likeness (QED) is 0.00295. The molecule has 4 saturated heterocycles. The summed E-state index contributed by atoms with van der Waals surface area (Å²) in [5, 5.41) is 17.6. The van der Waals surface area contributed by atoms with E-state index in [0.29, 0.717) is 52.5 Å². The fourth-order valence-electron chi connectivity index (χ4n) is 16.6. The van der Waals surface area contributed by atoms with Crippen LogP contribution in [-0.4, -0.2) is 310 Å². The molecule has 0 unspecified atom stereocenters. The number of piperazine rings is 4. The Morgan fingerprint density at radius 2 is 0.667 bits per heavy atom. The summed E-state index contributed by atoms with van der Waals surface area (Å²) in [6.45, 7) is 3.64. The molecule has 147 heavy (non-hydrogen) atoms. The normalized spacial score (nSPS) is 13.8. The first-order valence-corrected chi connectivity index (χ1v) is 57.4. The van der Waals surface area contributed by atoms with Crippen LogP contribution in [0.5, 0.6) is 0 Å². The van der Waals surface area contributed by atoms with E-state index in [-0.39, 0.29) is 240 Å². The van der Waals surface area contributed by atoms with E-state index in [4.69, 9.17) is 21.5 Å². The van der Waals surface area contributed by atoms with Gasteiger partial charge in [-0.1, -0.05) is 83.1 Å². The van der Waals surface area contributed by atoms with Crippen LogP contribution in [0.15, 0.2) is 230 Å². The number of H-pyrrole nitrogens is 6. The number of ether oxygens (including phenoxy) is 2. The zero-order chi connectivity index (χ0) is 105. The molecule has 12 N–H and O–H groups in total. The van der Waals surface area contributed by atoms with Gasteiger partial charge in [0.2, 0.25) is 0 Å². The number of oxime groups is 2. The number of aromatic nitrogens is 8. The van der Waals surface area contributed by atoms with Gasteiger partial charge in [-0.25, -0.2) is 37.1 Å². The molecule has 0 radical (unpaired) electrons. The molecule has 0 atom stereocenters. The predicted molar refractivity (Wildman–Crippen MR) is 539 cm³/mol. The Kier molecular flexibility index (Phi) is 35.1. The molecule has 10 heterocycles. The molecule has 14 aromatic rings. The van der Waals surface area contributed by atoms with Gasteiger partial charge in [0.05, 0.1) is 77.0 Å². The van der Waals surface area contributed by atoms with E-state index in [1.807, 2.05) is 24.3 Å². The zero-order valence-electron chi connectivity index (χ0n) is 78.1. The van der Waals surface area contributed by atoms with Gasteiger partial charge in [0.1, 0.15) is 52.6 Å². The molecule has 18 rings (SSSR count). The second kappa shape index (κ2) is 48.6. The Morgan fingerprint density at radius 3 is 0.966 bits per heavy atom. The topological polar surface area (TPSA) is 539 Å². The molecule has 0 aliphatic carbocycles. The first kappa shape index (κ1) is 106. The van der Waals surface area contributed by atoms with Crippen molar-refractivity contribution < 1.29 is 122 Å². The first-order chi connectivity index (χ1) is 70.9. The third-order valence-corrected chi connectivity index (χ3v) is 24.2. The first-order valence-electron chi connectivity index (χ1n) is 44.8. The number of amidine groups is 2. The van der Waals surface area contributed by atoms with Gasteiger partial charge in [-0.05, 0) is 97.1 Å². The maximum atomic E-state index is 14.9. The average molecular weight is 2350 g/mol. The molecule has 0 bridgehead atoms. The van der Waals surface area contributed by atoms with Crippen molar-refractivity contribution in [1.29, 1.82) is 0 Å². The number of methoxy groups -OCH3 is 2. The fraction of sp³-hybridized carbons (Fsp3) is 0.190. The molecule has 6 aromatic heterocycles. The predicted octanol–water partition coefficient (Wildman–Crippen LogP) is 7.02. The molecule has 758 valence electrons. The van der Waals surface area contributed by atoms with E-state index in [0.717, 1.165) is 24.5 Å². The van der Waals surface area contributed by atoms with Gasteiger partial charge in [-0.2, -0.15) is 0 Å². The Bertz CT molecular complexity index is 7260. The summed E-state index contributed by atoms with van der Waals surface area (Å²) >= 11 is 5.30. The molecule has 47 heteroatoms. The van der Waals surface area contributed by atoms with Crippen molar-refractivity contribution >= 4 is 181 Å². The summed E-state index contributed by atoms with van der Waals surface area (Å²) in [5.74, 6) is -11.5. The van der Waals surface area contributed by atoms with Crippen LogP contribution in [-0.2, 0) is 38.3 Å². The van der Waals surface area contributed by atoms with Crippen molar-refractivity contribution in [3.63, 3.8) is 0 Å². The van der Waals surface area contributed by atoms with E-state index in [1.165, 1.54) is 114 Å². The SMILES string of the molecule is CNC(=O)c1cnc(-c2ccc(F)c3c(C(=O)C(=O)N4CCN(C(=O)c5ccccc5)CC4)c[nH]c23)[nH]1.COC(=O)/C=C/O/N=C(\N)c1ccc(F)c2c(C(=O)C(=O)N3CCN(C(=O)c4ccccc4)CC3)c[nH]c12.COC(=O)c1cnc(-c2ccc(F)c3c(C(=O)C(=O)N4CCN(C(=O)c5ccccc5)CC4)c[nH]c23)[nH]1.I[I-]I.N/C(=N\O)c1ccc(F)c2c(C(=O)C(=O)N3CCN(C(=O)c4ccccc4)CC3)c[nH]c12. The minimum absolute atomic E-state index is 0.0355. The molecule has 40 nitrogen and oxygen atoms in total.